The molecule has 2 aromatic carbocycles. The van der Waals surface area contributed by atoms with Gasteiger partial charge in [-0.1, -0.05) is 44.2 Å². The molecule has 0 aliphatic carbocycles. The van der Waals surface area contributed by atoms with Crippen LogP contribution in [0.2, 0.25) is 0 Å². The van der Waals surface area contributed by atoms with Gasteiger partial charge in [-0.25, -0.2) is 12.7 Å². The Balaban J connectivity index is 2.24. The van der Waals surface area contributed by atoms with E-state index < -0.39 is 15.9 Å². The summed E-state index contributed by atoms with van der Waals surface area (Å²) < 4.78 is 25.7. The predicted octanol–water partition coefficient (Wildman–Crippen LogP) is 3.31. The SMILES string of the molecule is CC(C)c1cccc2c(-c3ccc(S(=O)(=O)N(C)C)cc3)c(C(N)=O)[nH]c12. The van der Waals surface area contributed by atoms with Crippen molar-refractivity contribution in [1.82, 2.24) is 9.29 Å². The highest BCUT2D eigenvalue weighted by Crippen LogP contribution is 2.36. The van der Waals surface area contributed by atoms with Crippen LogP contribution in [0.5, 0.6) is 0 Å². The van der Waals surface area contributed by atoms with Crippen LogP contribution in [-0.2, 0) is 10.0 Å². The summed E-state index contributed by atoms with van der Waals surface area (Å²) >= 11 is 0. The van der Waals surface area contributed by atoms with Crippen LogP contribution in [0.4, 0.5) is 0 Å². The van der Waals surface area contributed by atoms with E-state index in [1.165, 1.54) is 14.1 Å². The minimum absolute atomic E-state index is 0.194. The van der Waals surface area contributed by atoms with Crippen LogP contribution in [0.25, 0.3) is 22.0 Å². The average molecular weight is 385 g/mol. The van der Waals surface area contributed by atoms with Crippen molar-refractivity contribution in [2.24, 2.45) is 5.73 Å². The van der Waals surface area contributed by atoms with Crippen molar-refractivity contribution < 1.29 is 13.2 Å². The number of hydrogen-bond acceptors (Lipinski definition) is 3. The van der Waals surface area contributed by atoms with E-state index in [2.05, 4.69) is 18.8 Å². The minimum Gasteiger partial charge on any atom is -0.364 e. The number of fused-ring (bicyclic) bond motifs is 1. The van der Waals surface area contributed by atoms with Gasteiger partial charge in [0.25, 0.3) is 5.91 Å². The number of aromatic amines is 1. The quantitative estimate of drug-likeness (QED) is 0.705. The van der Waals surface area contributed by atoms with Crippen molar-refractivity contribution in [3.8, 4) is 11.1 Å². The normalized spacial score (nSPS) is 12.2. The number of benzene rings is 2. The third-order valence-electron chi connectivity index (χ3n) is 4.66. The fraction of sp³-hybridized carbons (Fsp3) is 0.250. The van der Waals surface area contributed by atoms with Gasteiger partial charge in [0.05, 0.1) is 10.4 Å². The molecule has 3 aromatic rings. The maximum absolute atomic E-state index is 12.3. The molecule has 0 atom stereocenters. The predicted molar refractivity (Wildman–Crippen MR) is 107 cm³/mol. The van der Waals surface area contributed by atoms with E-state index in [9.17, 15) is 13.2 Å². The lowest BCUT2D eigenvalue weighted by molar-refractivity contribution is 0.0997. The topological polar surface area (TPSA) is 96.3 Å². The Kier molecular flexibility index (Phi) is 4.84. The smallest absolute Gasteiger partial charge is 0.265 e. The molecule has 0 fully saturated rings. The van der Waals surface area contributed by atoms with Gasteiger partial charge in [0.2, 0.25) is 10.0 Å². The van der Waals surface area contributed by atoms with E-state index >= 15 is 0 Å². The molecule has 1 heterocycles. The molecule has 3 N–H and O–H groups in total. The van der Waals surface area contributed by atoms with Crippen LogP contribution >= 0.6 is 0 Å². The van der Waals surface area contributed by atoms with Gasteiger partial charge in [-0.2, -0.15) is 0 Å². The lowest BCUT2D eigenvalue weighted by Gasteiger charge is -2.12. The van der Waals surface area contributed by atoms with Crippen LogP contribution < -0.4 is 5.73 Å². The number of H-pyrrole nitrogens is 1. The Morgan fingerprint density at radius 3 is 2.22 bits per heavy atom. The number of carbonyl (C=O) groups is 1. The van der Waals surface area contributed by atoms with Crippen molar-refractivity contribution in [3.63, 3.8) is 0 Å². The van der Waals surface area contributed by atoms with Crippen molar-refractivity contribution >= 4 is 26.8 Å². The molecule has 0 aliphatic heterocycles. The highest BCUT2D eigenvalue weighted by molar-refractivity contribution is 7.89. The molecule has 0 unspecified atom stereocenters. The maximum Gasteiger partial charge on any atom is 0.265 e. The molecule has 6 nitrogen and oxygen atoms in total. The molecule has 1 aromatic heterocycles. The number of hydrogen-bond donors (Lipinski definition) is 2. The third-order valence-corrected chi connectivity index (χ3v) is 6.49. The molecule has 0 radical (unpaired) electrons. The number of nitrogens with one attached hydrogen (secondary N) is 1. The number of sulfonamides is 1. The highest BCUT2D eigenvalue weighted by Gasteiger charge is 2.21. The summed E-state index contributed by atoms with van der Waals surface area (Å²) in [4.78, 5) is 15.4. The maximum atomic E-state index is 12.3. The zero-order valence-corrected chi connectivity index (χ0v) is 16.6. The number of rotatable bonds is 5. The Labute approximate surface area is 159 Å². The summed E-state index contributed by atoms with van der Waals surface area (Å²) in [6.45, 7) is 4.17. The molecule has 0 aliphatic rings. The second kappa shape index (κ2) is 6.83. The number of primary amides is 1. The van der Waals surface area contributed by atoms with Crippen molar-refractivity contribution in [1.29, 1.82) is 0 Å². The first-order chi connectivity index (χ1) is 12.6. The van der Waals surface area contributed by atoms with Crippen molar-refractivity contribution in [2.75, 3.05) is 14.1 Å². The van der Waals surface area contributed by atoms with Gasteiger partial charge in [0.1, 0.15) is 5.69 Å². The van der Waals surface area contributed by atoms with Crippen molar-refractivity contribution in [2.45, 2.75) is 24.7 Å². The van der Waals surface area contributed by atoms with Gasteiger partial charge in [-0.3, -0.25) is 4.79 Å². The third kappa shape index (κ3) is 3.24. The van der Waals surface area contributed by atoms with Crippen LogP contribution in [0.1, 0.15) is 35.8 Å². The van der Waals surface area contributed by atoms with Crippen LogP contribution in [-0.4, -0.2) is 37.7 Å². The number of para-hydroxylation sites is 1. The highest BCUT2D eigenvalue weighted by atomic mass is 32.2. The fourth-order valence-electron chi connectivity index (χ4n) is 3.21. The Morgan fingerprint density at radius 1 is 1.07 bits per heavy atom. The number of nitrogens with two attached hydrogens (primary N) is 1. The van der Waals surface area contributed by atoms with Crippen LogP contribution in [0.3, 0.4) is 0 Å². The second-order valence-corrected chi connectivity index (χ2v) is 9.13. The first-order valence-electron chi connectivity index (χ1n) is 8.62. The summed E-state index contributed by atoms with van der Waals surface area (Å²) in [7, 11) is -0.540. The van der Waals surface area contributed by atoms with Gasteiger partial charge in [-0.05, 0) is 29.2 Å². The first-order valence-corrected chi connectivity index (χ1v) is 10.1. The summed E-state index contributed by atoms with van der Waals surface area (Å²) in [6, 6.07) is 12.4. The zero-order chi connectivity index (χ0) is 19.9. The molecule has 0 bridgehead atoms. The molecule has 0 saturated carbocycles. The molecular formula is C20H23N3O3S. The van der Waals surface area contributed by atoms with Gasteiger partial charge in [-0.15, -0.1) is 0 Å². The first kappa shape index (κ1) is 19.1. The molecule has 142 valence electrons. The number of nitrogens with zero attached hydrogens (tertiary/aromatic N) is 1. The number of carbonyl (C=O) groups excluding carboxylic acids is 1. The molecule has 27 heavy (non-hydrogen) atoms. The molecule has 3 rings (SSSR count). The van der Waals surface area contributed by atoms with E-state index in [0.717, 1.165) is 26.3 Å². The molecule has 0 saturated heterocycles. The summed E-state index contributed by atoms with van der Waals surface area (Å²) in [5.74, 6) is -0.283. The second-order valence-electron chi connectivity index (χ2n) is 6.98. The van der Waals surface area contributed by atoms with Crippen LogP contribution in [0, 0.1) is 0 Å². The monoisotopic (exact) mass is 385 g/mol. The van der Waals surface area contributed by atoms with Gasteiger partial charge in [0.15, 0.2) is 0 Å². The largest absolute Gasteiger partial charge is 0.364 e. The molecule has 7 heteroatoms. The molecule has 1 amide bonds. The van der Waals surface area contributed by atoms with Gasteiger partial charge >= 0.3 is 0 Å². The van der Waals surface area contributed by atoms with Crippen molar-refractivity contribution in [3.05, 3.63) is 53.7 Å². The van der Waals surface area contributed by atoms with Gasteiger partial charge in [0, 0.05) is 25.0 Å². The Bertz CT molecular complexity index is 1110. The lowest BCUT2D eigenvalue weighted by Crippen LogP contribution is -2.22. The minimum atomic E-state index is -3.52. The van der Waals surface area contributed by atoms with Gasteiger partial charge < -0.3 is 10.7 Å². The van der Waals surface area contributed by atoms with E-state index in [0.29, 0.717) is 11.3 Å². The zero-order valence-electron chi connectivity index (χ0n) is 15.8. The Morgan fingerprint density at radius 2 is 1.70 bits per heavy atom. The fourth-order valence-corrected chi connectivity index (χ4v) is 4.11. The van der Waals surface area contributed by atoms with E-state index in [1.54, 1.807) is 24.3 Å². The standard InChI is InChI=1S/C20H23N3O3S/c1-12(2)15-6-5-7-16-17(19(20(21)24)22-18(15)16)13-8-10-14(11-9-13)27(25,26)23(3)4/h5-12,22H,1-4H3,(H2,21,24). The summed E-state index contributed by atoms with van der Waals surface area (Å²) in [6.07, 6.45) is 0. The summed E-state index contributed by atoms with van der Waals surface area (Å²) in [5, 5.41) is 0.887. The molecule has 0 spiro atoms. The van der Waals surface area contributed by atoms with E-state index in [1.807, 2.05) is 18.2 Å². The molecular weight excluding hydrogens is 362 g/mol. The summed E-state index contributed by atoms with van der Waals surface area (Å²) in [5.41, 5.74) is 9.31. The Hall–Kier alpha value is -2.64. The van der Waals surface area contributed by atoms with Crippen LogP contribution in [0.15, 0.2) is 47.4 Å². The number of amides is 1. The number of aromatic nitrogens is 1. The lowest BCUT2D eigenvalue weighted by atomic mass is 9.97. The van der Waals surface area contributed by atoms with E-state index in [-0.39, 0.29) is 10.8 Å². The van der Waals surface area contributed by atoms with E-state index in [4.69, 9.17) is 5.73 Å². The average Bonchev–Trinajstić information content (AvgIpc) is 3.01.